The molecule has 0 radical (unpaired) electrons. The Bertz CT molecular complexity index is 523. The van der Waals surface area contributed by atoms with Gasteiger partial charge in [0.1, 0.15) is 4.90 Å². The number of carboxylic acid groups (broad SMARTS) is 1. The highest BCUT2D eigenvalue weighted by Gasteiger charge is 2.18. The number of nitrogens with two attached hydrogens (primary N) is 3. The highest BCUT2D eigenvalue weighted by atomic mass is 32.2. The van der Waals surface area contributed by atoms with Crippen LogP contribution in [-0.2, 0) is 10.0 Å². The minimum absolute atomic E-state index is 0.118. The van der Waals surface area contributed by atoms with E-state index in [9.17, 15) is 13.2 Å². The number of primary sulfonamides is 1. The predicted molar refractivity (Wildman–Crippen MR) is 53.6 cm³/mol. The summed E-state index contributed by atoms with van der Waals surface area (Å²) in [6.45, 7) is 0. The predicted octanol–water partition coefficient (Wildman–Crippen LogP) is -0.803. The monoisotopic (exact) mass is 231 g/mol. The zero-order valence-electron chi connectivity index (χ0n) is 7.47. The molecule has 0 spiro atoms. The van der Waals surface area contributed by atoms with Crippen molar-refractivity contribution in [2.24, 2.45) is 5.14 Å². The second-order valence-corrected chi connectivity index (χ2v) is 4.36. The van der Waals surface area contributed by atoms with E-state index in [1.54, 1.807) is 0 Å². The molecular formula is C7H9N3O4S. The Labute approximate surface area is 85.5 Å². The molecule has 0 aliphatic heterocycles. The van der Waals surface area contributed by atoms with E-state index in [0.717, 1.165) is 12.1 Å². The smallest absolute Gasteiger partial charge is 0.337 e. The Morgan fingerprint density at radius 2 is 1.73 bits per heavy atom. The number of carbonyl (C=O) groups is 1. The number of rotatable bonds is 2. The summed E-state index contributed by atoms with van der Waals surface area (Å²) in [6, 6.07) is 1.88. The highest BCUT2D eigenvalue weighted by molar-refractivity contribution is 7.89. The van der Waals surface area contributed by atoms with Gasteiger partial charge in [-0.05, 0) is 12.1 Å². The molecule has 0 amide bonds. The maximum Gasteiger partial charge on any atom is 0.337 e. The lowest BCUT2D eigenvalue weighted by molar-refractivity contribution is 0.0698. The van der Waals surface area contributed by atoms with Gasteiger partial charge >= 0.3 is 5.97 Å². The second kappa shape index (κ2) is 3.41. The number of aromatic carboxylic acids is 1. The molecule has 0 aromatic heterocycles. The quantitative estimate of drug-likeness (QED) is 0.489. The molecule has 0 heterocycles. The molecule has 7 N–H and O–H groups in total. The fourth-order valence-electron chi connectivity index (χ4n) is 1.05. The average Bonchev–Trinajstić information content (AvgIpc) is 2.00. The number of hydrogen-bond donors (Lipinski definition) is 4. The molecule has 15 heavy (non-hydrogen) atoms. The molecule has 0 saturated carbocycles. The Morgan fingerprint density at radius 1 is 1.20 bits per heavy atom. The third-order valence-corrected chi connectivity index (χ3v) is 2.69. The van der Waals surface area contributed by atoms with Crippen molar-refractivity contribution in [3.63, 3.8) is 0 Å². The van der Waals surface area contributed by atoms with Crippen molar-refractivity contribution < 1.29 is 18.3 Å². The van der Waals surface area contributed by atoms with Crippen LogP contribution < -0.4 is 16.6 Å². The SMILES string of the molecule is Nc1cc(N)c(S(N)(=O)=O)cc1C(=O)O. The molecule has 0 bridgehead atoms. The second-order valence-electron chi connectivity index (χ2n) is 2.83. The molecular weight excluding hydrogens is 222 g/mol. The van der Waals surface area contributed by atoms with Crippen molar-refractivity contribution in [1.82, 2.24) is 0 Å². The molecule has 8 heteroatoms. The molecule has 0 aliphatic carbocycles. The Kier molecular flexibility index (Phi) is 2.56. The molecule has 0 atom stereocenters. The highest BCUT2D eigenvalue weighted by Crippen LogP contribution is 2.23. The zero-order valence-corrected chi connectivity index (χ0v) is 8.28. The largest absolute Gasteiger partial charge is 0.478 e. The minimum atomic E-state index is -4.05. The maximum absolute atomic E-state index is 11.0. The van der Waals surface area contributed by atoms with E-state index in [2.05, 4.69) is 0 Å². The van der Waals surface area contributed by atoms with Crippen LogP contribution in [0.4, 0.5) is 11.4 Å². The van der Waals surface area contributed by atoms with Crippen LogP contribution in [0.15, 0.2) is 17.0 Å². The summed E-state index contributed by atoms with van der Waals surface area (Å²) in [6.07, 6.45) is 0. The molecule has 0 fully saturated rings. The van der Waals surface area contributed by atoms with E-state index in [0.29, 0.717) is 0 Å². The molecule has 0 saturated heterocycles. The van der Waals surface area contributed by atoms with Crippen molar-refractivity contribution in [3.8, 4) is 0 Å². The number of anilines is 2. The normalized spacial score (nSPS) is 11.3. The Balaban J connectivity index is 3.58. The number of nitrogen functional groups attached to an aromatic ring is 2. The van der Waals surface area contributed by atoms with Gasteiger partial charge in [0.05, 0.1) is 11.3 Å². The number of carboxylic acids is 1. The zero-order chi connectivity index (χ0) is 11.8. The molecule has 1 aromatic rings. The van der Waals surface area contributed by atoms with E-state index in [1.807, 2.05) is 0 Å². The summed E-state index contributed by atoms with van der Waals surface area (Å²) in [5.41, 5.74) is 10.0. The van der Waals surface area contributed by atoms with Crippen molar-refractivity contribution in [2.75, 3.05) is 11.5 Å². The first-order valence-corrected chi connectivity index (χ1v) is 5.23. The lowest BCUT2D eigenvalue weighted by Gasteiger charge is -2.07. The molecule has 0 unspecified atom stereocenters. The van der Waals surface area contributed by atoms with Crippen LogP contribution in [0.2, 0.25) is 0 Å². The summed E-state index contributed by atoms with van der Waals surface area (Å²) in [4.78, 5) is 10.2. The Hall–Kier alpha value is -1.80. The minimum Gasteiger partial charge on any atom is -0.478 e. The van der Waals surface area contributed by atoms with Crippen molar-refractivity contribution in [2.45, 2.75) is 4.90 Å². The Morgan fingerprint density at radius 3 is 2.13 bits per heavy atom. The van der Waals surface area contributed by atoms with Gasteiger partial charge in [-0.3, -0.25) is 0 Å². The lowest BCUT2D eigenvalue weighted by Crippen LogP contribution is -2.16. The van der Waals surface area contributed by atoms with E-state index >= 15 is 0 Å². The third-order valence-electron chi connectivity index (χ3n) is 1.72. The van der Waals surface area contributed by atoms with Crippen molar-refractivity contribution in [1.29, 1.82) is 0 Å². The first-order chi connectivity index (χ1) is 6.73. The molecule has 0 aliphatic rings. The van der Waals surface area contributed by atoms with Crippen LogP contribution in [0.1, 0.15) is 10.4 Å². The van der Waals surface area contributed by atoms with Gasteiger partial charge in [-0.1, -0.05) is 0 Å². The van der Waals surface area contributed by atoms with Crippen LogP contribution >= 0.6 is 0 Å². The van der Waals surface area contributed by atoms with Crippen molar-refractivity contribution >= 4 is 27.4 Å². The topological polar surface area (TPSA) is 149 Å². The molecule has 82 valence electrons. The summed E-state index contributed by atoms with van der Waals surface area (Å²) in [7, 11) is -4.05. The van der Waals surface area contributed by atoms with Crippen LogP contribution in [0.25, 0.3) is 0 Å². The fourth-order valence-corrected chi connectivity index (χ4v) is 1.72. The standard InChI is InChI=1S/C7H9N3O4S/c8-4-2-5(9)6(15(10,13)14)1-3(4)7(11)12/h1-2H,8-9H2,(H,11,12)(H2,10,13,14). The number of sulfonamides is 1. The molecule has 7 nitrogen and oxygen atoms in total. The average molecular weight is 231 g/mol. The van der Waals surface area contributed by atoms with E-state index in [-0.39, 0.29) is 16.9 Å². The number of benzene rings is 1. The van der Waals surface area contributed by atoms with Gasteiger partial charge in [-0.25, -0.2) is 18.4 Å². The summed E-state index contributed by atoms with van der Waals surface area (Å²) in [5.74, 6) is -1.35. The lowest BCUT2D eigenvalue weighted by atomic mass is 10.1. The van der Waals surface area contributed by atoms with Gasteiger partial charge in [0.25, 0.3) is 0 Å². The first-order valence-electron chi connectivity index (χ1n) is 3.68. The van der Waals surface area contributed by atoms with Gasteiger partial charge in [-0.15, -0.1) is 0 Å². The van der Waals surface area contributed by atoms with Gasteiger partial charge < -0.3 is 16.6 Å². The van der Waals surface area contributed by atoms with Gasteiger partial charge in [0.2, 0.25) is 10.0 Å². The maximum atomic E-state index is 11.0. The van der Waals surface area contributed by atoms with Crippen LogP contribution in [0, 0.1) is 0 Å². The van der Waals surface area contributed by atoms with Crippen LogP contribution in [0.3, 0.4) is 0 Å². The van der Waals surface area contributed by atoms with E-state index in [4.69, 9.17) is 21.7 Å². The molecule has 1 rings (SSSR count). The van der Waals surface area contributed by atoms with Crippen LogP contribution in [0.5, 0.6) is 0 Å². The van der Waals surface area contributed by atoms with Crippen molar-refractivity contribution in [3.05, 3.63) is 17.7 Å². The number of hydrogen-bond acceptors (Lipinski definition) is 5. The fraction of sp³-hybridized carbons (Fsp3) is 0. The van der Waals surface area contributed by atoms with Crippen LogP contribution in [-0.4, -0.2) is 19.5 Å². The van der Waals surface area contributed by atoms with Gasteiger partial charge in [0.15, 0.2) is 0 Å². The summed E-state index contributed by atoms with van der Waals surface area (Å²) in [5, 5.41) is 13.5. The van der Waals surface area contributed by atoms with Gasteiger partial charge in [-0.2, -0.15) is 0 Å². The van der Waals surface area contributed by atoms with Gasteiger partial charge in [0, 0.05) is 5.69 Å². The summed E-state index contributed by atoms with van der Waals surface area (Å²) < 4.78 is 22.0. The summed E-state index contributed by atoms with van der Waals surface area (Å²) >= 11 is 0. The van der Waals surface area contributed by atoms with E-state index < -0.39 is 20.9 Å². The molecule has 1 aromatic carbocycles. The first kappa shape index (κ1) is 11.3. The van der Waals surface area contributed by atoms with E-state index in [1.165, 1.54) is 0 Å². The third kappa shape index (κ3) is 2.17.